The van der Waals surface area contributed by atoms with Gasteiger partial charge in [-0.1, -0.05) is 53.9 Å². The lowest BCUT2D eigenvalue weighted by atomic mass is 9.71. The second-order valence-electron chi connectivity index (χ2n) is 6.68. The van der Waals surface area contributed by atoms with Gasteiger partial charge in [-0.05, 0) is 42.4 Å². The van der Waals surface area contributed by atoms with Crippen molar-refractivity contribution in [1.29, 1.82) is 0 Å². The van der Waals surface area contributed by atoms with E-state index in [2.05, 4.69) is 34.6 Å². The predicted octanol–water partition coefficient (Wildman–Crippen LogP) is 5.28. The van der Waals surface area contributed by atoms with E-state index in [4.69, 9.17) is 0 Å². The third-order valence-corrected chi connectivity index (χ3v) is 4.49. The Kier molecular flexibility index (Phi) is 4.67. The maximum absolute atomic E-state index is 2.55. The smallest absolute Gasteiger partial charge is 0.0295 e. The standard InChI is InChI=1S/C15H30/c1-12(2)8-6-10-15(5)11-7-9-14(15)13(3)4/h12-14H,6-11H2,1-5H3. The molecule has 0 heteroatoms. The summed E-state index contributed by atoms with van der Waals surface area (Å²) in [6.45, 7) is 12.1. The zero-order valence-electron chi connectivity index (χ0n) is 11.5. The van der Waals surface area contributed by atoms with Crippen LogP contribution in [0.15, 0.2) is 0 Å². The highest BCUT2D eigenvalue weighted by Gasteiger charge is 2.39. The summed E-state index contributed by atoms with van der Waals surface area (Å²) in [5, 5.41) is 0. The van der Waals surface area contributed by atoms with Gasteiger partial charge in [0.05, 0.1) is 0 Å². The minimum absolute atomic E-state index is 0.670. The van der Waals surface area contributed by atoms with E-state index in [0.717, 1.165) is 17.8 Å². The van der Waals surface area contributed by atoms with Gasteiger partial charge in [0.2, 0.25) is 0 Å². The molecular weight excluding hydrogens is 180 g/mol. The molecule has 2 atom stereocenters. The van der Waals surface area contributed by atoms with E-state index < -0.39 is 0 Å². The number of hydrogen-bond acceptors (Lipinski definition) is 0. The maximum atomic E-state index is 2.55. The first-order chi connectivity index (χ1) is 6.96. The molecule has 0 radical (unpaired) electrons. The predicted molar refractivity (Wildman–Crippen MR) is 69.0 cm³/mol. The summed E-state index contributed by atoms with van der Waals surface area (Å²) < 4.78 is 0. The number of hydrogen-bond donors (Lipinski definition) is 0. The topological polar surface area (TPSA) is 0 Å². The molecule has 90 valence electrons. The van der Waals surface area contributed by atoms with Crippen LogP contribution in [0.5, 0.6) is 0 Å². The molecule has 0 nitrogen and oxygen atoms in total. The number of rotatable bonds is 5. The quantitative estimate of drug-likeness (QED) is 0.579. The Labute approximate surface area is 96.8 Å². The minimum Gasteiger partial charge on any atom is -0.0628 e. The van der Waals surface area contributed by atoms with Crippen molar-refractivity contribution in [2.45, 2.75) is 73.1 Å². The highest BCUT2D eigenvalue weighted by molar-refractivity contribution is 4.89. The van der Waals surface area contributed by atoms with E-state index >= 15 is 0 Å². The molecule has 0 amide bonds. The van der Waals surface area contributed by atoms with Crippen LogP contribution >= 0.6 is 0 Å². The second-order valence-corrected chi connectivity index (χ2v) is 6.68. The van der Waals surface area contributed by atoms with E-state index in [-0.39, 0.29) is 0 Å². The fraction of sp³-hybridized carbons (Fsp3) is 1.00. The van der Waals surface area contributed by atoms with Gasteiger partial charge in [-0.3, -0.25) is 0 Å². The fourth-order valence-corrected chi connectivity index (χ4v) is 3.62. The van der Waals surface area contributed by atoms with Crippen LogP contribution in [0.4, 0.5) is 0 Å². The average molecular weight is 210 g/mol. The molecular formula is C15H30. The van der Waals surface area contributed by atoms with Crippen molar-refractivity contribution in [3.8, 4) is 0 Å². The van der Waals surface area contributed by atoms with Gasteiger partial charge in [-0.2, -0.15) is 0 Å². The lowest BCUT2D eigenvalue weighted by molar-refractivity contribution is 0.154. The first-order valence-electron chi connectivity index (χ1n) is 6.96. The molecule has 0 aliphatic heterocycles. The highest BCUT2D eigenvalue weighted by atomic mass is 14.4. The normalized spacial score (nSPS) is 31.8. The van der Waals surface area contributed by atoms with Gasteiger partial charge in [-0.25, -0.2) is 0 Å². The van der Waals surface area contributed by atoms with E-state index in [1.54, 1.807) is 0 Å². The van der Waals surface area contributed by atoms with Crippen molar-refractivity contribution >= 4 is 0 Å². The SMILES string of the molecule is CC(C)CCCC1(C)CCCC1C(C)C. The fourth-order valence-electron chi connectivity index (χ4n) is 3.62. The minimum atomic E-state index is 0.670. The molecule has 1 saturated carbocycles. The van der Waals surface area contributed by atoms with Gasteiger partial charge < -0.3 is 0 Å². The van der Waals surface area contributed by atoms with Crippen LogP contribution in [-0.4, -0.2) is 0 Å². The summed E-state index contributed by atoms with van der Waals surface area (Å²) >= 11 is 0. The summed E-state index contributed by atoms with van der Waals surface area (Å²) in [6, 6.07) is 0. The first-order valence-corrected chi connectivity index (χ1v) is 6.96. The Bertz CT molecular complexity index is 180. The molecule has 0 aromatic carbocycles. The molecule has 15 heavy (non-hydrogen) atoms. The molecule has 1 fully saturated rings. The molecule has 0 heterocycles. The molecule has 1 aliphatic rings. The average Bonchev–Trinajstić information content (AvgIpc) is 2.46. The summed E-state index contributed by atoms with van der Waals surface area (Å²) in [5.41, 5.74) is 0.670. The third kappa shape index (κ3) is 3.50. The van der Waals surface area contributed by atoms with Gasteiger partial charge >= 0.3 is 0 Å². The Morgan fingerprint density at radius 3 is 2.40 bits per heavy atom. The van der Waals surface area contributed by atoms with E-state index in [1.807, 2.05) is 0 Å². The van der Waals surface area contributed by atoms with Crippen LogP contribution in [0.1, 0.15) is 73.1 Å². The largest absolute Gasteiger partial charge is 0.0628 e. The van der Waals surface area contributed by atoms with E-state index in [9.17, 15) is 0 Å². The molecule has 0 saturated heterocycles. The lowest BCUT2D eigenvalue weighted by Gasteiger charge is -2.34. The van der Waals surface area contributed by atoms with Crippen molar-refractivity contribution in [3.05, 3.63) is 0 Å². The van der Waals surface area contributed by atoms with E-state index in [1.165, 1.54) is 38.5 Å². The Morgan fingerprint density at radius 2 is 1.87 bits per heavy atom. The molecule has 0 bridgehead atoms. The van der Waals surface area contributed by atoms with Gasteiger partial charge in [0.15, 0.2) is 0 Å². The summed E-state index contributed by atoms with van der Waals surface area (Å²) in [4.78, 5) is 0. The van der Waals surface area contributed by atoms with Crippen molar-refractivity contribution in [2.75, 3.05) is 0 Å². The lowest BCUT2D eigenvalue weighted by Crippen LogP contribution is -2.25. The Morgan fingerprint density at radius 1 is 1.20 bits per heavy atom. The van der Waals surface area contributed by atoms with Crippen LogP contribution in [-0.2, 0) is 0 Å². The summed E-state index contributed by atoms with van der Waals surface area (Å²) in [5.74, 6) is 2.76. The molecule has 0 aromatic heterocycles. The first kappa shape index (κ1) is 13.1. The monoisotopic (exact) mass is 210 g/mol. The zero-order chi connectivity index (χ0) is 11.5. The van der Waals surface area contributed by atoms with Gasteiger partial charge in [0.1, 0.15) is 0 Å². The molecule has 2 unspecified atom stereocenters. The van der Waals surface area contributed by atoms with Crippen molar-refractivity contribution in [3.63, 3.8) is 0 Å². The molecule has 0 aromatic rings. The van der Waals surface area contributed by atoms with Crippen LogP contribution in [0.25, 0.3) is 0 Å². The second kappa shape index (κ2) is 5.37. The third-order valence-electron chi connectivity index (χ3n) is 4.49. The molecule has 1 rings (SSSR count). The Hall–Kier alpha value is 0. The van der Waals surface area contributed by atoms with Crippen molar-refractivity contribution in [1.82, 2.24) is 0 Å². The Balaban J connectivity index is 2.42. The maximum Gasteiger partial charge on any atom is -0.0295 e. The summed E-state index contributed by atoms with van der Waals surface area (Å²) in [6.07, 6.45) is 8.76. The van der Waals surface area contributed by atoms with Crippen LogP contribution < -0.4 is 0 Å². The van der Waals surface area contributed by atoms with Gasteiger partial charge in [-0.15, -0.1) is 0 Å². The molecule has 0 spiro atoms. The summed E-state index contributed by atoms with van der Waals surface area (Å²) in [7, 11) is 0. The van der Waals surface area contributed by atoms with Crippen LogP contribution in [0, 0.1) is 23.2 Å². The van der Waals surface area contributed by atoms with Crippen LogP contribution in [0.2, 0.25) is 0 Å². The van der Waals surface area contributed by atoms with E-state index in [0.29, 0.717) is 5.41 Å². The van der Waals surface area contributed by atoms with Crippen molar-refractivity contribution < 1.29 is 0 Å². The van der Waals surface area contributed by atoms with Crippen molar-refractivity contribution in [2.24, 2.45) is 23.2 Å². The molecule has 1 aliphatic carbocycles. The van der Waals surface area contributed by atoms with Crippen LogP contribution in [0.3, 0.4) is 0 Å². The van der Waals surface area contributed by atoms with Gasteiger partial charge in [0, 0.05) is 0 Å². The highest BCUT2D eigenvalue weighted by Crippen LogP contribution is 2.49. The van der Waals surface area contributed by atoms with Gasteiger partial charge in [0.25, 0.3) is 0 Å². The zero-order valence-corrected chi connectivity index (χ0v) is 11.5. The molecule has 0 N–H and O–H groups in total.